The molecular weight excluding hydrogens is 311 g/mol. The van der Waals surface area contributed by atoms with Crippen LogP contribution in [0, 0.1) is 11.6 Å². The summed E-state index contributed by atoms with van der Waals surface area (Å²) in [5, 5.41) is 2.06. The van der Waals surface area contributed by atoms with Crippen LogP contribution in [-0.2, 0) is 4.79 Å². The summed E-state index contributed by atoms with van der Waals surface area (Å²) in [6, 6.07) is 1.57. The number of rotatable bonds is 3. The van der Waals surface area contributed by atoms with E-state index in [9.17, 15) is 31.5 Å². The van der Waals surface area contributed by atoms with Gasteiger partial charge in [0.25, 0.3) is 5.91 Å². The summed E-state index contributed by atoms with van der Waals surface area (Å²) in [6.07, 6.45) is -4.61. The summed E-state index contributed by atoms with van der Waals surface area (Å²) in [5.74, 6) is -4.34. The summed E-state index contributed by atoms with van der Waals surface area (Å²) in [4.78, 5) is 24.1. The third-order valence-electron chi connectivity index (χ3n) is 3.16. The molecule has 0 saturated carbocycles. The molecule has 1 saturated heterocycles. The number of halogens is 5. The van der Waals surface area contributed by atoms with Crippen LogP contribution in [0.1, 0.15) is 16.8 Å². The van der Waals surface area contributed by atoms with Crippen LogP contribution in [0.2, 0.25) is 0 Å². The highest BCUT2D eigenvalue weighted by atomic mass is 19.4. The van der Waals surface area contributed by atoms with Crippen molar-refractivity contribution in [2.45, 2.75) is 18.6 Å². The van der Waals surface area contributed by atoms with Crippen molar-refractivity contribution in [2.75, 3.05) is 13.1 Å². The molecule has 4 nitrogen and oxygen atoms in total. The molecule has 1 atom stereocenters. The predicted octanol–water partition coefficient (Wildman–Crippen LogP) is 1.86. The third-order valence-corrected chi connectivity index (χ3v) is 3.16. The van der Waals surface area contributed by atoms with Gasteiger partial charge in [-0.05, 0) is 18.6 Å². The minimum atomic E-state index is -4.55. The van der Waals surface area contributed by atoms with Gasteiger partial charge in [-0.25, -0.2) is 8.78 Å². The second-order valence-corrected chi connectivity index (χ2v) is 4.79. The lowest BCUT2D eigenvalue weighted by Crippen LogP contribution is -2.44. The molecule has 2 amide bonds. The van der Waals surface area contributed by atoms with E-state index in [1.807, 2.05) is 0 Å². The molecule has 0 aromatic heterocycles. The first-order valence-corrected chi connectivity index (χ1v) is 6.29. The van der Waals surface area contributed by atoms with Gasteiger partial charge in [-0.15, -0.1) is 0 Å². The minimum absolute atomic E-state index is 0.0588. The Kier molecular flexibility index (Phi) is 4.34. The van der Waals surface area contributed by atoms with Gasteiger partial charge >= 0.3 is 6.18 Å². The van der Waals surface area contributed by atoms with Crippen molar-refractivity contribution in [3.8, 4) is 0 Å². The van der Waals surface area contributed by atoms with Crippen LogP contribution >= 0.6 is 0 Å². The number of carbonyl (C=O) groups excluding carboxylic acids is 2. The number of nitrogens with one attached hydrogen (secondary N) is 1. The van der Waals surface area contributed by atoms with Gasteiger partial charge < -0.3 is 10.2 Å². The maximum absolute atomic E-state index is 13.4. The molecule has 1 aromatic rings. The number of likely N-dealkylation sites (tertiary alicyclic amines) is 1. The van der Waals surface area contributed by atoms with Crippen LogP contribution in [0.4, 0.5) is 22.0 Å². The maximum atomic E-state index is 13.4. The SMILES string of the molecule is O=C(NC1CCN(CC(F)(F)F)C1=O)c1c(F)cccc1F. The Labute approximate surface area is 121 Å². The average molecular weight is 322 g/mol. The Hall–Kier alpha value is -2.19. The van der Waals surface area contributed by atoms with Gasteiger partial charge in [-0.3, -0.25) is 9.59 Å². The van der Waals surface area contributed by atoms with E-state index in [0.29, 0.717) is 4.90 Å². The first-order chi connectivity index (χ1) is 10.2. The van der Waals surface area contributed by atoms with Crippen LogP contribution in [0.25, 0.3) is 0 Å². The highest BCUT2D eigenvalue weighted by Crippen LogP contribution is 2.21. The van der Waals surface area contributed by atoms with Gasteiger partial charge in [0.05, 0.1) is 0 Å². The van der Waals surface area contributed by atoms with E-state index < -0.39 is 47.8 Å². The molecule has 1 heterocycles. The number of benzene rings is 1. The molecular formula is C13H11F5N2O2. The smallest absolute Gasteiger partial charge is 0.340 e. The highest BCUT2D eigenvalue weighted by molar-refractivity contribution is 5.98. The van der Waals surface area contributed by atoms with Gasteiger partial charge in [-0.1, -0.05) is 6.07 Å². The van der Waals surface area contributed by atoms with Crippen molar-refractivity contribution < 1.29 is 31.5 Å². The summed E-state index contributed by atoms with van der Waals surface area (Å²) < 4.78 is 63.6. The fourth-order valence-corrected chi connectivity index (χ4v) is 2.19. The van der Waals surface area contributed by atoms with Crippen molar-refractivity contribution in [3.05, 3.63) is 35.4 Å². The maximum Gasteiger partial charge on any atom is 0.406 e. The lowest BCUT2D eigenvalue weighted by atomic mass is 10.1. The molecule has 120 valence electrons. The molecule has 1 unspecified atom stereocenters. The summed E-state index contributed by atoms with van der Waals surface area (Å²) in [7, 11) is 0. The van der Waals surface area contributed by atoms with E-state index in [2.05, 4.69) is 5.32 Å². The standard InChI is InChI=1S/C13H11F5N2O2/c14-7-2-1-3-8(15)10(7)11(21)19-9-4-5-20(12(9)22)6-13(16,17)18/h1-3,9H,4-6H2,(H,19,21). The Balaban J connectivity index is 2.06. The van der Waals surface area contributed by atoms with Gasteiger partial charge in [0.2, 0.25) is 5.91 Å². The van der Waals surface area contributed by atoms with Crippen LogP contribution in [0.5, 0.6) is 0 Å². The number of carbonyl (C=O) groups is 2. The van der Waals surface area contributed by atoms with Crippen molar-refractivity contribution in [1.29, 1.82) is 0 Å². The van der Waals surface area contributed by atoms with E-state index in [4.69, 9.17) is 0 Å². The molecule has 1 aliphatic rings. The minimum Gasteiger partial charge on any atom is -0.340 e. The monoisotopic (exact) mass is 322 g/mol. The quantitative estimate of drug-likeness (QED) is 0.864. The largest absolute Gasteiger partial charge is 0.406 e. The topological polar surface area (TPSA) is 49.4 Å². The summed E-state index contributed by atoms with van der Waals surface area (Å²) in [5.41, 5.74) is -0.871. The number of hydrogen-bond acceptors (Lipinski definition) is 2. The lowest BCUT2D eigenvalue weighted by molar-refractivity contribution is -0.157. The van der Waals surface area contributed by atoms with E-state index in [1.165, 1.54) is 0 Å². The molecule has 0 spiro atoms. The lowest BCUT2D eigenvalue weighted by Gasteiger charge is -2.18. The van der Waals surface area contributed by atoms with Crippen LogP contribution in [-0.4, -0.2) is 42.0 Å². The zero-order valence-corrected chi connectivity index (χ0v) is 11.1. The van der Waals surface area contributed by atoms with E-state index in [-0.39, 0.29) is 13.0 Å². The van der Waals surface area contributed by atoms with Crippen LogP contribution in [0.15, 0.2) is 18.2 Å². The average Bonchev–Trinajstić information content (AvgIpc) is 2.69. The molecule has 0 bridgehead atoms. The molecule has 1 fully saturated rings. The molecule has 0 radical (unpaired) electrons. The fraction of sp³-hybridized carbons (Fsp3) is 0.385. The Morgan fingerprint density at radius 3 is 2.41 bits per heavy atom. The van der Waals surface area contributed by atoms with E-state index >= 15 is 0 Å². The second-order valence-electron chi connectivity index (χ2n) is 4.79. The first kappa shape index (κ1) is 16.2. The molecule has 2 rings (SSSR count). The van der Waals surface area contributed by atoms with Crippen molar-refractivity contribution in [1.82, 2.24) is 10.2 Å². The fourth-order valence-electron chi connectivity index (χ4n) is 2.19. The van der Waals surface area contributed by atoms with Gasteiger partial charge in [0.1, 0.15) is 29.8 Å². The Morgan fingerprint density at radius 2 is 1.86 bits per heavy atom. The molecule has 9 heteroatoms. The zero-order valence-electron chi connectivity index (χ0n) is 11.1. The van der Waals surface area contributed by atoms with E-state index in [0.717, 1.165) is 18.2 Å². The number of alkyl halides is 3. The molecule has 22 heavy (non-hydrogen) atoms. The van der Waals surface area contributed by atoms with Crippen LogP contribution < -0.4 is 5.32 Å². The molecule has 1 aliphatic heterocycles. The van der Waals surface area contributed by atoms with Gasteiger partial charge in [0.15, 0.2) is 0 Å². The number of amides is 2. The molecule has 0 aliphatic carbocycles. The zero-order chi connectivity index (χ0) is 16.5. The highest BCUT2D eigenvalue weighted by Gasteiger charge is 2.40. The normalized spacial score (nSPS) is 18.7. The third kappa shape index (κ3) is 3.52. The molecule has 1 aromatic carbocycles. The predicted molar refractivity (Wildman–Crippen MR) is 64.9 cm³/mol. The van der Waals surface area contributed by atoms with Crippen molar-refractivity contribution in [2.24, 2.45) is 0 Å². The Morgan fingerprint density at radius 1 is 1.27 bits per heavy atom. The summed E-state index contributed by atoms with van der Waals surface area (Å²) in [6.45, 7) is -1.62. The van der Waals surface area contributed by atoms with Gasteiger partial charge in [0, 0.05) is 6.54 Å². The van der Waals surface area contributed by atoms with Crippen LogP contribution in [0.3, 0.4) is 0 Å². The molecule has 1 N–H and O–H groups in total. The Bertz CT molecular complexity index is 582. The van der Waals surface area contributed by atoms with Gasteiger partial charge in [-0.2, -0.15) is 13.2 Å². The first-order valence-electron chi connectivity index (χ1n) is 6.29. The van der Waals surface area contributed by atoms with Crippen molar-refractivity contribution >= 4 is 11.8 Å². The number of nitrogens with zero attached hydrogens (tertiary/aromatic N) is 1. The summed E-state index contributed by atoms with van der Waals surface area (Å²) >= 11 is 0. The van der Waals surface area contributed by atoms with Crippen molar-refractivity contribution in [3.63, 3.8) is 0 Å². The second kappa shape index (κ2) is 5.90. The van der Waals surface area contributed by atoms with E-state index in [1.54, 1.807) is 0 Å². The number of hydrogen-bond donors (Lipinski definition) is 1.